The number of hydrogen-bond acceptors (Lipinski definition) is 6. The van der Waals surface area contributed by atoms with E-state index in [0.717, 1.165) is 29.8 Å². The number of piperidine rings is 1. The monoisotopic (exact) mass is 548 g/mol. The molecule has 1 amide bonds. The van der Waals surface area contributed by atoms with Gasteiger partial charge in [0.05, 0.1) is 6.20 Å². The zero-order valence-corrected chi connectivity index (χ0v) is 22.6. The SMILES string of the molecule is CN1CCC(c2ccc(-c3ccc4c(c3)C(=O)N(C(c3nc5ncncc5[nH]3)c3cc(F)ccc3O)C4)cc2)CC1. The van der Waals surface area contributed by atoms with Crippen LogP contribution in [-0.4, -0.2) is 60.9 Å². The van der Waals surface area contributed by atoms with Gasteiger partial charge in [-0.25, -0.2) is 19.3 Å². The summed E-state index contributed by atoms with van der Waals surface area (Å²) in [5, 5.41) is 10.8. The van der Waals surface area contributed by atoms with E-state index in [1.54, 1.807) is 11.1 Å². The van der Waals surface area contributed by atoms with E-state index in [0.29, 0.717) is 28.5 Å². The molecule has 1 unspecified atom stereocenters. The number of benzene rings is 3. The average molecular weight is 549 g/mol. The van der Waals surface area contributed by atoms with Crippen LogP contribution in [0.5, 0.6) is 5.75 Å². The van der Waals surface area contributed by atoms with Gasteiger partial charge in [-0.1, -0.05) is 36.4 Å². The van der Waals surface area contributed by atoms with Gasteiger partial charge < -0.3 is 19.9 Å². The van der Waals surface area contributed by atoms with Crippen molar-refractivity contribution in [2.75, 3.05) is 20.1 Å². The topological polar surface area (TPSA) is 98.2 Å². The fraction of sp³-hybridized carbons (Fsp3) is 0.250. The summed E-state index contributed by atoms with van der Waals surface area (Å²) in [6, 6.07) is 17.5. The van der Waals surface area contributed by atoms with Crippen LogP contribution in [0, 0.1) is 5.82 Å². The number of nitrogens with zero attached hydrogens (tertiary/aromatic N) is 5. The first-order valence-electron chi connectivity index (χ1n) is 13.8. The van der Waals surface area contributed by atoms with Crippen molar-refractivity contribution in [3.8, 4) is 16.9 Å². The largest absolute Gasteiger partial charge is 0.508 e. The Morgan fingerprint density at radius 2 is 1.80 bits per heavy atom. The first-order chi connectivity index (χ1) is 19.9. The summed E-state index contributed by atoms with van der Waals surface area (Å²) in [6.45, 7) is 2.52. The van der Waals surface area contributed by atoms with Crippen molar-refractivity contribution >= 4 is 17.1 Å². The number of aromatic nitrogens is 4. The second-order valence-corrected chi connectivity index (χ2v) is 11.0. The summed E-state index contributed by atoms with van der Waals surface area (Å²) < 4.78 is 14.4. The van der Waals surface area contributed by atoms with E-state index in [-0.39, 0.29) is 23.8 Å². The molecule has 9 heteroatoms. The van der Waals surface area contributed by atoms with Gasteiger partial charge in [0.25, 0.3) is 5.91 Å². The van der Waals surface area contributed by atoms with Crippen LogP contribution >= 0.6 is 0 Å². The van der Waals surface area contributed by atoms with Crippen LogP contribution in [0.25, 0.3) is 22.3 Å². The van der Waals surface area contributed by atoms with Crippen molar-refractivity contribution in [2.45, 2.75) is 31.3 Å². The molecule has 0 aliphatic carbocycles. The number of likely N-dealkylation sites (tertiary alicyclic amines) is 1. The van der Waals surface area contributed by atoms with Crippen molar-refractivity contribution in [1.82, 2.24) is 29.7 Å². The third-order valence-electron chi connectivity index (χ3n) is 8.41. The summed E-state index contributed by atoms with van der Waals surface area (Å²) in [5.41, 5.74) is 6.05. The highest BCUT2D eigenvalue weighted by Crippen LogP contribution is 2.40. The summed E-state index contributed by atoms with van der Waals surface area (Å²) in [7, 11) is 2.17. The van der Waals surface area contributed by atoms with E-state index in [4.69, 9.17) is 0 Å². The Morgan fingerprint density at radius 3 is 2.59 bits per heavy atom. The van der Waals surface area contributed by atoms with Gasteiger partial charge in [0.1, 0.15) is 35.3 Å². The van der Waals surface area contributed by atoms with Crippen LogP contribution in [-0.2, 0) is 6.54 Å². The Hall–Kier alpha value is -4.63. The van der Waals surface area contributed by atoms with Gasteiger partial charge in [-0.15, -0.1) is 0 Å². The Kier molecular flexibility index (Phi) is 6.23. The number of aromatic hydroxyl groups is 1. The van der Waals surface area contributed by atoms with E-state index in [1.165, 1.54) is 42.9 Å². The fourth-order valence-electron chi connectivity index (χ4n) is 6.12. The molecule has 2 N–H and O–H groups in total. The highest BCUT2D eigenvalue weighted by molar-refractivity contribution is 6.00. The number of phenolic OH excluding ortho intramolecular Hbond substituents is 1. The molecule has 2 aromatic heterocycles. The smallest absolute Gasteiger partial charge is 0.255 e. The van der Waals surface area contributed by atoms with Crippen LogP contribution < -0.4 is 0 Å². The molecule has 8 nitrogen and oxygen atoms in total. The maximum Gasteiger partial charge on any atom is 0.255 e. The molecule has 1 atom stereocenters. The Bertz CT molecular complexity index is 1730. The second-order valence-electron chi connectivity index (χ2n) is 11.0. The molecule has 1 fully saturated rings. The highest BCUT2D eigenvalue weighted by atomic mass is 19.1. The summed E-state index contributed by atoms with van der Waals surface area (Å²) >= 11 is 0. The highest BCUT2D eigenvalue weighted by Gasteiger charge is 2.37. The summed E-state index contributed by atoms with van der Waals surface area (Å²) in [6.07, 6.45) is 5.31. The van der Waals surface area contributed by atoms with Crippen molar-refractivity contribution < 1.29 is 14.3 Å². The van der Waals surface area contributed by atoms with Crippen LogP contribution in [0.2, 0.25) is 0 Å². The molecule has 0 spiro atoms. The van der Waals surface area contributed by atoms with E-state index in [2.05, 4.69) is 56.1 Å². The number of fused-ring (bicyclic) bond motifs is 2. The number of amides is 1. The number of H-pyrrole nitrogens is 1. The lowest BCUT2D eigenvalue weighted by molar-refractivity contribution is 0.0723. The lowest BCUT2D eigenvalue weighted by Crippen LogP contribution is -2.31. The fourth-order valence-corrected chi connectivity index (χ4v) is 6.12. The zero-order valence-electron chi connectivity index (χ0n) is 22.6. The minimum atomic E-state index is -0.864. The van der Waals surface area contributed by atoms with Crippen LogP contribution in [0.3, 0.4) is 0 Å². The third kappa shape index (κ3) is 4.62. The van der Waals surface area contributed by atoms with Crippen LogP contribution in [0.1, 0.15) is 57.7 Å². The molecule has 0 bridgehead atoms. The van der Waals surface area contributed by atoms with Gasteiger partial charge in [0.15, 0.2) is 5.65 Å². The van der Waals surface area contributed by atoms with Gasteiger partial charge in [0.2, 0.25) is 0 Å². The number of hydrogen-bond donors (Lipinski definition) is 2. The number of aromatic amines is 1. The van der Waals surface area contributed by atoms with Crippen molar-refractivity contribution in [1.29, 1.82) is 0 Å². The minimum Gasteiger partial charge on any atom is -0.508 e. The first-order valence-corrected chi connectivity index (χ1v) is 13.8. The average Bonchev–Trinajstić information content (AvgIpc) is 3.56. The molecule has 4 heterocycles. The molecule has 41 heavy (non-hydrogen) atoms. The third-order valence-corrected chi connectivity index (χ3v) is 8.41. The maximum atomic E-state index is 14.4. The number of carbonyl (C=O) groups excluding carboxylic acids is 1. The van der Waals surface area contributed by atoms with Gasteiger partial charge in [-0.3, -0.25) is 4.79 Å². The predicted octanol–water partition coefficient (Wildman–Crippen LogP) is 5.42. The molecule has 3 aromatic carbocycles. The number of carbonyl (C=O) groups is 1. The zero-order chi connectivity index (χ0) is 28.1. The molecule has 206 valence electrons. The Labute approximate surface area is 236 Å². The molecular formula is C32H29FN6O2. The molecular weight excluding hydrogens is 519 g/mol. The second kappa shape index (κ2) is 10.1. The molecule has 0 radical (unpaired) electrons. The maximum absolute atomic E-state index is 14.4. The number of rotatable bonds is 5. The standard InChI is InChI=1S/C32H29FN6O2/c1-38-12-10-21(11-13-38)19-2-4-20(5-3-19)22-6-7-23-17-39(32(41)25(23)14-22)29(26-15-24(33)8-9-28(26)40)31-36-27-16-34-18-35-30(27)37-31/h2-9,14-16,18,21,29,40H,10-13,17H2,1H3,(H,34,35,36,37). The van der Waals surface area contributed by atoms with Gasteiger partial charge in [-0.05, 0) is 85.4 Å². The van der Waals surface area contributed by atoms with E-state index >= 15 is 0 Å². The molecule has 0 saturated carbocycles. The van der Waals surface area contributed by atoms with Gasteiger partial charge in [0, 0.05) is 17.7 Å². The van der Waals surface area contributed by atoms with Crippen molar-refractivity contribution in [3.05, 3.63) is 107 Å². The summed E-state index contributed by atoms with van der Waals surface area (Å²) in [5.74, 6) is 0.0824. The molecule has 1 saturated heterocycles. The molecule has 2 aliphatic rings. The lowest BCUT2D eigenvalue weighted by Gasteiger charge is -2.29. The number of nitrogens with one attached hydrogen (secondary N) is 1. The Balaban J connectivity index is 1.22. The lowest BCUT2D eigenvalue weighted by atomic mass is 9.88. The van der Waals surface area contributed by atoms with Gasteiger partial charge in [-0.2, -0.15) is 0 Å². The molecule has 7 rings (SSSR count). The number of halogens is 1. The quantitative estimate of drug-likeness (QED) is 0.304. The van der Waals surface area contributed by atoms with E-state index in [1.807, 2.05) is 18.2 Å². The first kappa shape index (κ1) is 25.3. The van der Waals surface area contributed by atoms with Crippen LogP contribution in [0.4, 0.5) is 4.39 Å². The number of imidazole rings is 1. The number of phenols is 1. The van der Waals surface area contributed by atoms with Crippen molar-refractivity contribution in [3.63, 3.8) is 0 Å². The molecule has 5 aromatic rings. The van der Waals surface area contributed by atoms with Crippen molar-refractivity contribution in [2.24, 2.45) is 0 Å². The minimum absolute atomic E-state index is 0.128. The normalized spacial score (nSPS) is 16.8. The van der Waals surface area contributed by atoms with E-state index in [9.17, 15) is 14.3 Å². The van der Waals surface area contributed by atoms with Gasteiger partial charge >= 0.3 is 0 Å². The predicted molar refractivity (Wildman–Crippen MR) is 153 cm³/mol. The van der Waals surface area contributed by atoms with Crippen LogP contribution in [0.15, 0.2) is 73.2 Å². The molecule has 2 aliphatic heterocycles. The Morgan fingerprint density at radius 1 is 1.02 bits per heavy atom. The summed E-state index contributed by atoms with van der Waals surface area (Å²) in [4.78, 5) is 33.9. The van der Waals surface area contributed by atoms with E-state index < -0.39 is 11.9 Å².